The van der Waals surface area contributed by atoms with Crippen molar-refractivity contribution in [3.05, 3.63) is 87.6 Å². The molecule has 1 aromatic heterocycles. The van der Waals surface area contributed by atoms with E-state index in [1.807, 2.05) is 19.1 Å². The number of nitrogens with one attached hydrogen (secondary N) is 1. The fourth-order valence-corrected chi connectivity index (χ4v) is 4.07. The SMILES string of the molecule is COc1cc2occ(-c3ccc(Cl)cc3Cl)c2cc1/C(C)=C/C(=O)Nc1ccc(Cl)cc1. The van der Waals surface area contributed by atoms with Crippen molar-refractivity contribution in [3.8, 4) is 16.9 Å². The van der Waals surface area contributed by atoms with E-state index in [0.717, 1.165) is 27.6 Å². The number of furan rings is 1. The molecule has 0 aliphatic carbocycles. The molecule has 1 N–H and O–H groups in total. The minimum Gasteiger partial charge on any atom is -0.496 e. The van der Waals surface area contributed by atoms with Crippen LogP contribution in [-0.2, 0) is 4.79 Å². The molecule has 32 heavy (non-hydrogen) atoms. The summed E-state index contributed by atoms with van der Waals surface area (Å²) in [6.07, 6.45) is 3.17. The summed E-state index contributed by atoms with van der Waals surface area (Å²) in [5.74, 6) is 0.328. The molecule has 4 nitrogen and oxygen atoms in total. The summed E-state index contributed by atoms with van der Waals surface area (Å²) >= 11 is 18.4. The Morgan fingerprint density at radius 1 is 0.969 bits per heavy atom. The van der Waals surface area contributed by atoms with Crippen LogP contribution >= 0.6 is 34.8 Å². The molecule has 4 rings (SSSR count). The average molecular weight is 487 g/mol. The maximum atomic E-state index is 12.5. The largest absolute Gasteiger partial charge is 0.496 e. The van der Waals surface area contributed by atoms with Gasteiger partial charge in [-0.05, 0) is 55.0 Å². The Kier molecular flexibility index (Phi) is 6.47. The van der Waals surface area contributed by atoms with Crippen molar-refractivity contribution in [2.75, 3.05) is 12.4 Å². The summed E-state index contributed by atoms with van der Waals surface area (Å²) in [6, 6.07) is 16.0. The van der Waals surface area contributed by atoms with E-state index in [4.69, 9.17) is 44.0 Å². The second-order valence-corrected chi connectivity index (χ2v) is 8.43. The van der Waals surface area contributed by atoms with Gasteiger partial charge in [0.15, 0.2) is 0 Å². The molecule has 3 aromatic carbocycles. The highest BCUT2D eigenvalue weighted by atomic mass is 35.5. The highest BCUT2D eigenvalue weighted by Gasteiger charge is 2.16. The topological polar surface area (TPSA) is 51.5 Å². The number of halogens is 3. The van der Waals surface area contributed by atoms with Crippen molar-refractivity contribution in [2.45, 2.75) is 6.92 Å². The predicted octanol–water partition coefficient (Wildman–Crippen LogP) is 8.11. The zero-order chi connectivity index (χ0) is 22.8. The molecule has 0 fully saturated rings. The van der Waals surface area contributed by atoms with Crippen LogP contribution in [0.3, 0.4) is 0 Å². The number of carbonyl (C=O) groups excluding carboxylic acids is 1. The number of benzene rings is 3. The first-order valence-corrected chi connectivity index (χ1v) is 10.8. The lowest BCUT2D eigenvalue weighted by molar-refractivity contribution is -0.111. The van der Waals surface area contributed by atoms with Gasteiger partial charge in [-0.15, -0.1) is 0 Å². The first-order valence-electron chi connectivity index (χ1n) is 9.65. The maximum Gasteiger partial charge on any atom is 0.248 e. The van der Waals surface area contributed by atoms with E-state index >= 15 is 0 Å². The minimum absolute atomic E-state index is 0.264. The van der Waals surface area contributed by atoms with Crippen molar-refractivity contribution in [2.24, 2.45) is 0 Å². The van der Waals surface area contributed by atoms with Gasteiger partial charge in [0.2, 0.25) is 5.91 Å². The van der Waals surface area contributed by atoms with Crippen molar-refractivity contribution >= 4 is 62.9 Å². The second-order valence-electron chi connectivity index (χ2n) is 7.15. The first-order chi connectivity index (χ1) is 15.4. The highest BCUT2D eigenvalue weighted by Crippen LogP contribution is 2.40. The van der Waals surface area contributed by atoms with Gasteiger partial charge in [-0.1, -0.05) is 40.9 Å². The molecule has 7 heteroatoms. The molecule has 0 unspecified atom stereocenters. The van der Waals surface area contributed by atoms with Crippen LogP contribution < -0.4 is 10.1 Å². The smallest absolute Gasteiger partial charge is 0.248 e. The van der Waals surface area contributed by atoms with Crippen molar-refractivity contribution in [1.29, 1.82) is 0 Å². The van der Waals surface area contributed by atoms with Gasteiger partial charge in [0.25, 0.3) is 0 Å². The molecular formula is C25H18Cl3NO3. The molecule has 0 aliphatic heterocycles. The molecule has 4 aromatic rings. The number of fused-ring (bicyclic) bond motifs is 1. The molecule has 0 radical (unpaired) electrons. The third kappa shape index (κ3) is 4.63. The number of anilines is 1. The zero-order valence-corrected chi connectivity index (χ0v) is 19.5. The standard InChI is InChI=1S/C25H18Cl3NO3/c1-14(9-25(30)29-17-6-3-15(26)4-7-17)19-11-20-21(13-32-24(20)12-23(19)31-2)18-8-5-16(27)10-22(18)28/h3-13H,1-2H3,(H,29,30)/b14-9+. The second kappa shape index (κ2) is 9.29. The Morgan fingerprint density at radius 2 is 1.69 bits per heavy atom. The Balaban J connectivity index is 1.73. The van der Waals surface area contributed by atoms with Crippen LogP contribution in [0.1, 0.15) is 12.5 Å². The van der Waals surface area contributed by atoms with Crippen LogP contribution in [0.4, 0.5) is 5.69 Å². The van der Waals surface area contributed by atoms with Crippen LogP contribution in [-0.4, -0.2) is 13.0 Å². The summed E-state index contributed by atoms with van der Waals surface area (Å²) in [5, 5.41) is 5.35. The first kappa shape index (κ1) is 22.3. The van der Waals surface area contributed by atoms with Crippen LogP contribution in [0.25, 0.3) is 27.7 Å². The monoisotopic (exact) mass is 485 g/mol. The molecule has 0 bridgehead atoms. The Labute approximate surface area is 200 Å². The number of amides is 1. The normalized spacial score (nSPS) is 11.6. The number of hydrogen-bond acceptors (Lipinski definition) is 3. The molecule has 0 atom stereocenters. The lowest BCUT2D eigenvalue weighted by Gasteiger charge is -2.11. The van der Waals surface area contributed by atoms with Crippen molar-refractivity contribution in [1.82, 2.24) is 0 Å². The third-order valence-corrected chi connectivity index (χ3v) is 5.80. The predicted molar refractivity (Wildman–Crippen MR) is 132 cm³/mol. The molecule has 162 valence electrons. The average Bonchev–Trinajstić information content (AvgIpc) is 3.17. The molecule has 1 amide bonds. The fourth-order valence-electron chi connectivity index (χ4n) is 3.43. The van der Waals surface area contributed by atoms with E-state index in [1.165, 1.54) is 6.08 Å². The maximum absolute atomic E-state index is 12.5. The lowest BCUT2D eigenvalue weighted by atomic mass is 9.99. The van der Waals surface area contributed by atoms with Crippen molar-refractivity contribution in [3.63, 3.8) is 0 Å². The molecule has 0 aliphatic rings. The highest BCUT2D eigenvalue weighted by molar-refractivity contribution is 6.36. The van der Waals surface area contributed by atoms with Gasteiger partial charge in [0, 0.05) is 50.0 Å². The molecule has 0 saturated carbocycles. The Morgan fingerprint density at radius 3 is 2.38 bits per heavy atom. The number of ether oxygens (including phenoxy) is 1. The lowest BCUT2D eigenvalue weighted by Crippen LogP contribution is -2.08. The summed E-state index contributed by atoms with van der Waals surface area (Å²) in [7, 11) is 1.58. The molecular weight excluding hydrogens is 469 g/mol. The quantitative estimate of drug-likeness (QED) is 0.290. The summed E-state index contributed by atoms with van der Waals surface area (Å²) in [4.78, 5) is 12.5. The number of hydrogen-bond donors (Lipinski definition) is 1. The van der Waals surface area contributed by atoms with E-state index in [0.29, 0.717) is 32.1 Å². The minimum atomic E-state index is -0.264. The van der Waals surface area contributed by atoms with Gasteiger partial charge in [-0.3, -0.25) is 4.79 Å². The van der Waals surface area contributed by atoms with E-state index in [9.17, 15) is 4.79 Å². The van der Waals surface area contributed by atoms with Crippen LogP contribution in [0.2, 0.25) is 15.1 Å². The van der Waals surface area contributed by atoms with E-state index in [2.05, 4.69) is 5.32 Å². The van der Waals surface area contributed by atoms with Gasteiger partial charge in [-0.2, -0.15) is 0 Å². The summed E-state index contributed by atoms with van der Waals surface area (Å²) in [6.45, 7) is 1.85. The number of carbonyl (C=O) groups is 1. The van der Waals surface area contributed by atoms with E-state index in [1.54, 1.807) is 55.8 Å². The van der Waals surface area contributed by atoms with Crippen LogP contribution in [0.15, 0.2) is 71.4 Å². The fraction of sp³-hybridized carbons (Fsp3) is 0.0800. The van der Waals surface area contributed by atoms with Gasteiger partial charge in [0.05, 0.1) is 18.4 Å². The number of methoxy groups -OCH3 is 1. The summed E-state index contributed by atoms with van der Waals surface area (Å²) < 4.78 is 11.3. The van der Waals surface area contributed by atoms with E-state index < -0.39 is 0 Å². The van der Waals surface area contributed by atoms with Gasteiger partial charge >= 0.3 is 0 Å². The Hall–Kier alpha value is -2.92. The third-order valence-electron chi connectivity index (χ3n) is 5.00. The van der Waals surface area contributed by atoms with Crippen LogP contribution in [0.5, 0.6) is 5.75 Å². The van der Waals surface area contributed by atoms with Crippen LogP contribution in [0, 0.1) is 0 Å². The van der Waals surface area contributed by atoms with Gasteiger partial charge in [0.1, 0.15) is 11.3 Å². The number of rotatable bonds is 5. The molecule has 0 saturated heterocycles. The zero-order valence-electron chi connectivity index (χ0n) is 17.2. The summed E-state index contributed by atoms with van der Waals surface area (Å²) in [5.41, 5.74) is 4.41. The van der Waals surface area contributed by atoms with Gasteiger partial charge < -0.3 is 14.5 Å². The molecule has 0 spiro atoms. The van der Waals surface area contributed by atoms with Gasteiger partial charge in [-0.25, -0.2) is 0 Å². The number of allylic oxidation sites excluding steroid dienone is 1. The van der Waals surface area contributed by atoms with E-state index in [-0.39, 0.29) is 5.91 Å². The van der Waals surface area contributed by atoms with Crippen molar-refractivity contribution < 1.29 is 13.9 Å². The Bertz CT molecular complexity index is 1340. The molecule has 1 heterocycles.